The summed E-state index contributed by atoms with van der Waals surface area (Å²) in [6.07, 6.45) is 5.48. The highest BCUT2D eigenvalue weighted by Crippen LogP contribution is 2.65. The van der Waals surface area contributed by atoms with Crippen molar-refractivity contribution < 1.29 is 19.1 Å². The number of carbonyl (C=O) groups is 3. The minimum absolute atomic E-state index is 0.0214. The molecule has 6 rings (SSSR count). The molecule has 1 saturated heterocycles. The fraction of sp³-hybridized carbons (Fsp3) is 0.542. The van der Waals surface area contributed by atoms with Crippen molar-refractivity contribution in [1.82, 2.24) is 4.90 Å². The number of esters is 1. The smallest absolute Gasteiger partial charge is 0.312 e. The third-order valence-electron chi connectivity index (χ3n) is 7.25. The molecule has 3 fully saturated rings. The van der Waals surface area contributed by atoms with Crippen LogP contribution in [0.3, 0.4) is 0 Å². The molecule has 1 heterocycles. The number of likely N-dealkylation sites (tertiary alicyclic amines) is 1. The predicted octanol–water partition coefficient (Wildman–Crippen LogP) is 3.33. The van der Waals surface area contributed by atoms with Crippen molar-refractivity contribution in [2.75, 3.05) is 6.54 Å². The third kappa shape index (κ3) is 2.93. The van der Waals surface area contributed by atoms with E-state index in [0.717, 1.165) is 12.0 Å². The Hall–Kier alpha value is -2.43. The van der Waals surface area contributed by atoms with Crippen LogP contribution in [0.2, 0.25) is 0 Å². The van der Waals surface area contributed by atoms with Gasteiger partial charge in [-0.15, -0.1) is 0 Å². The van der Waals surface area contributed by atoms with Crippen molar-refractivity contribution in [3.05, 3.63) is 42.0 Å². The summed E-state index contributed by atoms with van der Waals surface area (Å²) >= 11 is 0. The Morgan fingerprint density at radius 1 is 1.00 bits per heavy atom. The Morgan fingerprint density at radius 3 is 2.07 bits per heavy atom. The van der Waals surface area contributed by atoms with Gasteiger partial charge >= 0.3 is 5.97 Å². The van der Waals surface area contributed by atoms with E-state index in [1.165, 1.54) is 4.90 Å². The molecule has 0 N–H and O–H groups in total. The molecule has 1 aromatic rings. The fourth-order valence-electron chi connectivity index (χ4n) is 5.65. The molecule has 5 nitrogen and oxygen atoms in total. The zero-order valence-corrected chi connectivity index (χ0v) is 17.1. The van der Waals surface area contributed by atoms with Crippen molar-refractivity contribution in [2.24, 2.45) is 35.5 Å². The Kier molecular flexibility index (Phi) is 4.03. The number of nitrogens with zero attached hydrogens (tertiary/aromatic N) is 1. The number of hydrogen-bond acceptors (Lipinski definition) is 4. The van der Waals surface area contributed by atoms with Crippen molar-refractivity contribution >= 4 is 17.8 Å². The van der Waals surface area contributed by atoms with Crippen LogP contribution in [-0.4, -0.2) is 29.2 Å². The SMILES string of the molecule is CC(C)(C)c1ccc(OC(=O)CCN2C(=O)[C@@H]3[C@@H]4C=C[C@H]([C@@H]5C[C@H]45)[C@H]3C2=O)cc1. The lowest BCUT2D eigenvalue weighted by atomic mass is 9.63. The van der Waals surface area contributed by atoms with Crippen LogP contribution < -0.4 is 4.74 Å². The summed E-state index contributed by atoms with van der Waals surface area (Å²) in [4.78, 5) is 39.5. The van der Waals surface area contributed by atoms with Crippen molar-refractivity contribution in [1.29, 1.82) is 0 Å². The summed E-state index contributed by atoms with van der Waals surface area (Å²) < 4.78 is 5.41. The van der Waals surface area contributed by atoms with Gasteiger partial charge in [0.25, 0.3) is 0 Å². The maximum Gasteiger partial charge on any atom is 0.312 e. The first-order valence-corrected chi connectivity index (χ1v) is 10.6. The van der Waals surface area contributed by atoms with Gasteiger partial charge in [-0.1, -0.05) is 45.1 Å². The van der Waals surface area contributed by atoms with E-state index in [2.05, 4.69) is 32.9 Å². The average Bonchev–Trinajstić information content (AvgIpc) is 3.45. The number of rotatable bonds is 4. The van der Waals surface area contributed by atoms with Gasteiger partial charge in [0.05, 0.1) is 18.3 Å². The Balaban J connectivity index is 1.20. The van der Waals surface area contributed by atoms with Gasteiger partial charge in [-0.25, -0.2) is 0 Å². The number of amides is 2. The summed E-state index contributed by atoms with van der Waals surface area (Å²) in [6.45, 7) is 6.49. The summed E-state index contributed by atoms with van der Waals surface area (Å²) in [6, 6.07) is 7.48. The van der Waals surface area contributed by atoms with Gasteiger partial charge in [0.1, 0.15) is 5.75 Å². The molecule has 29 heavy (non-hydrogen) atoms. The normalized spacial score (nSPS) is 34.2. The molecule has 2 saturated carbocycles. The lowest BCUT2D eigenvalue weighted by Crippen LogP contribution is -2.40. The van der Waals surface area contributed by atoms with Gasteiger partial charge in [-0.05, 0) is 53.2 Å². The molecule has 2 amide bonds. The maximum atomic E-state index is 12.9. The Bertz CT molecular complexity index is 874. The highest BCUT2D eigenvalue weighted by atomic mass is 16.5. The van der Waals surface area contributed by atoms with Gasteiger partial charge in [-0.3, -0.25) is 19.3 Å². The van der Waals surface area contributed by atoms with Crippen molar-refractivity contribution in [3.63, 3.8) is 0 Å². The van der Waals surface area contributed by atoms with E-state index >= 15 is 0 Å². The lowest BCUT2D eigenvalue weighted by Gasteiger charge is -2.37. The minimum Gasteiger partial charge on any atom is -0.426 e. The first-order chi connectivity index (χ1) is 13.8. The van der Waals surface area contributed by atoms with E-state index in [1.807, 2.05) is 12.1 Å². The molecule has 0 aromatic heterocycles. The standard InChI is InChI=1S/C24H27NO4/c1-24(2,3)13-4-6-14(7-5-13)29-19(26)10-11-25-22(27)20-15-8-9-16(18-12-17(15)18)21(20)23(25)28/h4-9,15-18,20-21H,10-12H2,1-3H3/t15-,16-,17-,18+,20-,21-/m1/s1. The van der Waals surface area contributed by atoms with Crippen LogP contribution in [0.1, 0.15) is 39.2 Å². The molecule has 2 bridgehead atoms. The van der Waals surface area contributed by atoms with Gasteiger partial charge in [0, 0.05) is 6.54 Å². The van der Waals surface area contributed by atoms with Crippen LogP contribution in [-0.2, 0) is 19.8 Å². The third-order valence-corrected chi connectivity index (χ3v) is 7.25. The summed E-state index contributed by atoms with van der Waals surface area (Å²) in [5.74, 6) is 1.07. The molecule has 4 aliphatic carbocycles. The number of imide groups is 1. The summed E-state index contributed by atoms with van der Waals surface area (Å²) in [5, 5.41) is 0. The zero-order valence-electron chi connectivity index (χ0n) is 17.1. The van der Waals surface area contributed by atoms with E-state index in [0.29, 0.717) is 17.6 Å². The minimum atomic E-state index is -0.423. The van der Waals surface area contributed by atoms with Crippen LogP contribution in [0.15, 0.2) is 36.4 Å². The molecule has 5 heteroatoms. The van der Waals surface area contributed by atoms with E-state index in [9.17, 15) is 14.4 Å². The second-order valence-electron chi connectivity index (χ2n) is 9.98. The zero-order chi connectivity index (χ0) is 20.5. The summed E-state index contributed by atoms with van der Waals surface area (Å²) in [5.41, 5.74) is 1.19. The molecule has 152 valence electrons. The number of hydrogen-bond donors (Lipinski definition) is 0. The summed E-state index contributed by atoms with van der Waals surface area (Å²) in [7, 11) is 0. The van der Waals surface area contributed by atoms with E-state index in [-0.39, 0.29) is 53.9 Å². The monoisotopic (exact) mass is 393 g/mol. The van der Waals surface area contributed by atoms with Crippen LogP contribution >= 0.6 is 0 Å². The van der Waals surface area contributed by atoms with E-state index in [4.69, 9.17) is 4.74 Å². The quantitative estimate of drug-likeness (QED) is 0.341. The van der Waals surface area contributed by atoms with Crippen LogP contribution in [0.25, 0.3) is 0 Å². The molecule has 1 aromatic carbocycles. The Morgan fingerprint density at radius 2 is 1.55 bits per heavy atom. The molecule has 5 aliphatic rings. The molecule has 1 aliphatic heterocycles. The van der Waals surface area contributed by atoms with Crippen LogP contribution in [0.5, 0.6) is 5.75 Å². The van der Waals surface area contributed by atoms with Crippen LogP contribution in [0, 0.1) is 35.5 Å². The molecular weight excluding hydrogens is 366 g/mol. The number of carbonyl (C=O) groups excluding carboxylic acids is 3. The van der Waals surface area contributed by atoms with E-state index in [1.54, 1.807) is 12.1 Å². The molecule has 0 radical (unpaired) electrons. The Labute approximate surface area is 171 Å². The van der Waals surface area contributed by atoms with E-state index < -0.39 is 5.97 Å². The van der Waals surface area contributed by atoms with Crippen molar-refractivity contribution in [3.8, 4) is 5.75 Å². The highest BCUT2D eigenvalue weighted by molar-refractivity contribution is 6.06. The maximum absolute atomic E-state index is 12.9. The van der Waals surface area contributed by atoms with Crippen LogP contribution in [0.4, 0.5) is 0 Å². The largest absolute Gasteiger partial charge is 0.426 e. The number of benzene rings is 1. The number of allylic oxidation sites excluding steroid dienone is 2. The van der Waals surface area contributed by atoms with Gasteiger partial charge in [0.2, 0.25) is 11.8 Å². The van der Waals surface area contributed by atoms with Gasteiger partial charge in [-0.2, -0.15) is 0 Å². The second kappa shape index (κ2) is 6.28. The molecular formula is C24H27NO4. The van der Waals surface area contributed by atoms with Gasteiger partial charge in [0.15, 0.2) is 0 Å². The van der Waals surface area contributed by atoms with Crippen molar-refractivity contribution in [2.45, 2.75) is 39.0 Å². The first-order valence-electron chi connectivity index (χ1n) is 10.6. The average molecular weight is 393 g/mol. The van der Waals surface area contributed by atoms with Gasteiger partial charge < -0.3 is 4.74 Å². The molecule has 0 spiro atoms. The first kappa shape index (κ1) is 18.6. The molecule has 6 atom stereocenters. The highest BCUT2D eigenvalue weighted by Gasteiger charge is 2.66. The lowest BCUT2D eigenvalue weighted by molar-refractivity contribution is -0.141. The topological polar surface area (TPSA) is 63.7 Å². The number of ether oxygens (including phenoxy) is 1. The molecule has 0 unspecified atom stereocenters. The predicted molar refractivity (Wildman–Crippen MR) is 107 cm³/mol. The second-order valence-corrected chi connectivity index (χ2v) is 9.98. The fourth-order valence-corrected chi connectivity index (χ4v) is 5.65.